The lowest BCUT2D eigenvalue weighted by Gasteiger charge is -2.25. The first-order valence-corrected chi connectivity index (χ1v) is 10.7. The Hall–Kier alpha value is -2.71. The number of benzene rings is 1. The number of nitrogens with zero attached hydrogens (tertiary/aromatic N) is 1. The van der Waals surface area contributed by atoms with Gasteiger partial charge in [0.1, 0.15) is 0 Å². The number of carbonyl (C=O) groups excluding carboxylic acids is 3. The molecule has 7 nitrogen and oxygen atoms in total. The lowest BCUT2D eigenvalue weighted by Crippen LogP contribution is -2.42. The fraction of sp³-hybridized carbons (Fsp3) is 0.409. The molecule has 0 aliphatic rings. The zero-order chi connectivity index (χ0) is 22.5. The molecule has 0 aliphatic carbocycles. The minimum Gasteiger partial charge on any atom is -0.543 e. The maximum Gasteiger partial charge on any atom is 0.227 e. The number of nitrogens with one attached hydrogen (secondary N) is 1. The van der Waals surface area contributed by atoms with Gasteiger partial charge in [-0.3, -0.25) is 4.79 Å². The average molecular weight is 433 g/mol. The third-order valence-corrected chi connectivity index (χ3v) is 5.17. The van der Waals surface area contributed by atoms with Crippen LogP contribution in [0.3, 0.4) is 0 Å². The number of aliphatic carboxylic acids is 2. The number of thiophene rings is 1. The SMILES string of the molecule is CCC(=O)N(CCC(C)NC(C)Cc1ccccc1)c1cccs1.O=C([O-])C(=O)[O-]. The van der Waals surface area contributed by atoms with Gasteiger partial charge in [0.25, 0.3) is 0 Å². The number of amides is 1. The van der Waals surface area contributed by atoms with Gasteiger partial charge in [0.05, 0.1) is 16.9 Å². The Labute approximate surface area is 181 Å². The molecule has 30 heavy (non-hydrogen) atoms. The molecule has 0 aliphatic heterocycles. The predicted molar refractivity (Wildman–Crippen MR) is 114 cm³/mol. The molecule has 8 heteroatoms. The maximum absolute atomic E-state index is 12.2. The van der Waals surface area contributed by atoms with Crippen LogP contribution in [0.25, 0.3) is 0 Å². The third kappa shape index (κ3) is 9.67. The second-order valence-electron chi connectivity index (χ2n) is 6.87. The summed E-state index contributed by atoms with van der Waals surface area (Å²) >= 11 is 1.63. The molecule has 2 aromatic rings. The fourth-order valence-corrected chi connectivity index (χ4v) is 3.66. The molecule has 1 N–H and O–H groups in total. The summed E-state index contributed by atoms with van der Waals surface area (Å²) in [6.07, 6.45) is 2.51. The Morgan fingerprint density at radius 2 is 1.63 bits per heavy atom. The standard InChI is InChI=1S/C20H28N2OS.C2H2O4/c1-4-19(23)22(20-11-8-14-24-20)13-12-16(2)21-17(3)15-18-9-6-5-7-10-18;3-1(4)2(5)6/h5-11,14,16-17,21H,4,12-13,15H2,1-3H3;(H,3,4)(H,5,6)/p-2. The summed E-state index contributed by atoms with van der Waals surface area (Å²) in [7, 11) is 0. The molecular weight excluding hydrogens is 404 g/mol. The molecule has 0 bridgehead atoms. The van der Waals surface area contributed by atoms with Crippen LogP contribution < -0.4 is 20.4 Å². The highest BCUT2D eigenvalue weighted by molar-refractivity contribution is 7.14. The monoisotopic (exact) mass is 432 g/mol. The van der Waals surface area contributed by atoms with Gasteiger partial charge < -0.3 is 30.0 Å². The van der Waals surface area contributed by atoms with Crippen molar-refractivity contribution >= 4 is 34.2 Å². The molecule has 0 radical (unpaired) electrons. The van der Waals surface area contributed by atoms with Crippen molar-refractivity contribution in [3.8, 4) is 0 Å². The van der Waals surface area contributed by atoms with Crippen molar-refractivity contribution in [1.29, 1.82) is 0 Å². The van der Waals surface area contributed by atoms with Gasteiger partial charge in [-0.25, -0.2) is 0 Å². The highest BCUT2D eigenvalue weighted by Gasteiger charge is 2.16. The lowest BCUT2D eigenvalue weighted by molar-refractivity contribution is -0.345. The molecule has 0 saturated carbocycles. The average Bonchev–Trinajstić information content (AvgIpc) is 3.23. The van der Waals surface area contributed by atoms with Gasteiger partial charge >= 0.3 is 0 Å². The zero-order valence-corrected chi connectivity index (χ0v) is 18.3. The fourth-order valence-electron chi connectivity index (χ4n) is 2.89. The summed E-state index contributed by atoms with van der Waals surface area (Å²) in [6, 6.07) is 15.4. The van der Waals surface area contributed by atoms with Gasteiger partial charge in [-0.1, -0.05) is 37.3 Å². The van der Waals surface area contributed by atoms with Gasteiger partial charge in [0.15, 0.2) is 0 Å². The first-order valence-electron chi connectivity index (χ1n) is 9.80. The first kappa shape index (κ1) is 25.3. The van der Waals surface area contributed by atoms with Gasteiger partial charge in [0, 0.05) is 25.0 Å². The van der Waals surface area contributed by atoms with Crippen molar-refractivity contribution in [1.82, 2.24) is 5.32 Å². The Balaban J connectivity index is 0.000000656. The van der Waals surface area contributed by atoms with Gasteiger partial charge in [0.2, 0.25) is 5.91 Å². The summed E-state index contributed by atoms with van der Waals surface area (Å²) in [6.45, 7) is 7.11. The van der Waals surface area contributed by atoms with Gasteiger partial charge in [-0.05, 0) is 49.8 Å². The molecule has 0 fully saturated rings. The van der Waals surface area contributed by atoms with E-state index < -0.39 is 11.9 Å². The molecular formula is C22H28N2O5S-2. The molecule has 1 amide bonds. The van der Waals surface area contributed by atoms with Crippen LogP contribution in [0.4, 0.5) is 5.00 Å². The summed E-state index contributed by atoms with van der Waals surface area (Å²) in [5, 5.41) is 24.6. The number of anilines is 1. The maximum atomic E-state index is 12.2. The smallest absolute Gasteiger partial charge is 0.227 e. The van der Waals surface area contributed by atoms with Crippen LogP contribution >= 0.6 is 11.3 Å². The minimum atomic E-state index is -2.19. The Kier molecular flexibility index (Phi) is 11.4. The first-order chi connectivity index (χ1) is 14.2. The van der Waals surface area contributed by atoms with Crippen LogP contribution in [-0.2, 0) is 20.8 Å². The topological polar surface area (TPSA) is 113 Å². The van der Waals surface area contributed by atoms with Crippen molar-refractivity contribution in [2.75, 3.05) is 11.4 Å². The van der Waals surface area contributed by atoms with Crippen molar-refractivity contribution < 1.29 is 24.6 Å². The summed E-state index contributed by atoms with van der Waals surface area (Å²) in [5.41, 5.74) is 1.35. The highest BCUT2D eigenvalue weighted by Crippen LogP contribution is 2.22. The molecule has 2 unspecified atom stereocenters. The van der Waals surface area contributed by atoms with Gasteiger partial charge in [-0.15, -0.1) is 11.3 Å². The van der Waals surface area contributed by atoms with Crippen LogP contribution in [0.5, 0.6) is 0 Å². The molecule has 0 spiro atoms. The van der Waals surface area contributed by atoms with Crippen LogP contribution in [0.1, 0.15) is 39.2 Å². The molecule has 2 atom stereocenters. The number of rotatable bonds is 9. The molecule has 164 valence electrons. The van der Waals surface area contributed by atoms with E-state index in [1.165, 1.54) is 5.56 Å². The third-order valence-electron chi connectivity index (χ3n) is 4.28. The van der Waals surface area contributed by atoms with Crippen molar-refractivity contribution in [3.05, 3.63) is 53.4 Å². The van der Waals surface area contributed by atoms with E-state index in [0.29, 0.717) is 18.5 Å². The highest BCUT2D eigenvalue weighted by atomic mass is 32.1. The zero-order valence-electron chi connectivity index (χ0n) is 17.5. The van der Waals surface area contributed by atoms with E-state index in [1.54, 1.807) is 11.3 Å². The summed E-state index contributed by atoms with van der Waals surface area (Å²) < 4.78 is 0. The number of hydrogen-bond donors (Lipinski definition) is 1. The summed E-state index contributed by atoms with van der Waals surface area (Å²) in [4.78, 5) is 32.0. The van der Waals surface area contributed by atoms with E-state index in [1.807, 2.05) is 35.4 Å². The predicted octanol–water partition coefficient (Wildman–Crippen LogP) is 0.977. The second-order valence-corrected chi connectivity index (χ2v) is 7.80. The van der Waals surface area contributed by atoms with Crippen molar-refractivity contribution in [3.63, 3.8) is 0 Å². The van der Waals surface area contributed by atoms with E-state index in [2.05, 4.69) is 43.4 Å². The molecule has 0 saturated heterocycles. The van der Waals surface area contributed by atoms with E-state index in [-0.39, 0.29) is 5.91 Å². The summed E-state index contributed by atoms with van der Waals surface area (Å²) in [5.74, 6) is -4.17. The number of hydrogen-bond acceptors (Lipinski definition) is 7. The minimum absolute atomic E-state index is 0.196. The normalized spacial score (nSPS) is 12.2. The largest absolute Gasteiger partial charge is 0.543 e. The van der Waals surface area contributed by atoms with Crippen LogP contribution in [0, 0.1) is 0 Å². The Morgan fingerprint density at radius 1 is 1.00 bits per heavy atom. The van der Waals surface area contributed by atoms with E-state index >= 15 is 0 Å². The molecule has 1 aromatic heterocycles. The Bertz CT molecular complexity index is 768. The molecule has 2 rings (SSSR count). The van der Waals surface area contributed by atoms with E-state index in [4.69, 9.17) is 19.8 Å². The van der Waals surface area contributed by atoms with Crippen LogP contribution in [0.2, 0.25) is 0 Å². The van der Waals surface area contributed by atoms with Crippen LogP contribution in [-0.4, -0.2) is 36.5 Å². The molecule has 1 heterocycles. The number of carboxylic acids is 2. The van der Waals surface area contributed by atoms with E-state index in [9.17, 15) is 4.79 Å². The molecule has 1 aromatic carbocycles. The lowest BCUT2D eigenvalue weighted by atomic mass is 10.1. The van der Waals surface area contributed by atoms with Crippen molar-refractivity contribution in [2.24, 2.45) is 0 Å². The second kappa shape index (κ2) is 13.5. The Morgan fingerprint density at radius 3 is 2.13 bits per heavy atom. The quantitative estimate of drug-likeness (QED) is 0.591. The number of carbonyl (C=O) groups is 3. The van der Waals surface area contributed by atoms with E-state index in [0.717, 1.165) is 24.4 Å². The van der Waals surface area contributed by atoms with Crippen molar-refractivity contribution in [2.45, 2.75) is 52.1 Å². The van der Waals surface area contributed by atoms with Gasteiger partial charge in [-0.2, -0.15) is 0 Å². The number of carboxylic acid groups (broad SMARTS) is 2. The van der Waals surface area contributed by atoms with Crippen LogP contribution in [0.15, 0.2) is 47.8 Å².